The summed E-state index contributed by atoms with van der Waals surface area (Å²) in [6.45, 7) is 0.252. The molecule has 0 fully saturated rings. The van der Waals surface area contributed by atoms with Gasteiger partial charge in [0.2, 0.25) is 5.91 Å². The van der Waals surface area contributed by atoms with Crippen LogP contribution in [-0.2, 0) is 17.5 Å². The Labute approximate surface area is 185 Å². The number of rotatable bonds is 7. The van der Waals surface area contributed by atoms with Crippen LogP contribution in [0.2, 0.25) is 5.02 Å². The minimum Gasteiger partial charge on any atom is -0.352 e. The minimum atomic E-state index is -4.51. The minimum absolute atomic E-state index is 0.0101. The first-order chi connectivity index (χ1) is 15.1. The summed E-state index contributed by atoms with van der Waals surface area (Å²) in [5.41, 5.74) is 0.293. The number of nitrogens with one attached hydrogen (secondary N) is 2. The molecule has 0 atom stereocenters. The monoisotopic (exact) mass is 468 g/mol. The second-order valence-electron chi connectivity index (χ2n) is 6.72. The van der Waals surface area contributed by atoms with E-state index in [1.165, 1.54) is 12.3 Å². The maximum atomic E-state index is 13.0. The third-order valence-corrected chi connectivity index (χ3v) is 4.70. The summed E-state index contributed by atoms with van der Waals surface area (Å²) in [5, 5.41) is 8.68. The Balaban J connectivity index is 1.45. The number of hydrogen-bond acceptors (Lipinski definition) is 3. The van der Waals surface area contributed by atoms with Crippen LogP contribution in [0, 0.1) is 5.82 Å². The van der Waals surface area contributed by atoms with Crippen LogP contribution >= 0.6 is 11.6 Å². The van der Waals surface area contributed by atoms with Crippen molar-refractivity contribution in [3.63, 3.8) is 0 Å². The average Bonchev–Trinajstić information content (AvgIpc) is 3.23. The van der Waals surface area contributed by atoms with E-state index < -0.39 is 23.6 Å². The van der Waals surface area contributed by atoms with Gasteiger partial charge in [-0.3, -0.25) is 9.59 Å². The van der Waals surface area contributed by atoms with E-state index in [1.54, 1.807) is 24.3 Å². The van der Waals surface area contributed by atoms with Gasteiger partial charge in [-0.05, 0) is 42.0 Å². The highest BCUT2D eigenvalue weighted by Gasteiger charge is 2.33. The zero-order valence-corrected chi connectivity index (χ0v) is 17.2. The number of aromatic nitrogens is 2. The molecule has 32 heavy (non-hydrogen) atoms. The molecule has 1 heterocycles. The van der Waals surface area contributed by atoms with Crippen molar-refractivity contribution < 1.29 is 27.2 Å². The lowest BCUT2D eigenvalue weighted by molar-refractivity contribution is -0.141. The van der Waals surface area contributed by atoms with E-state index in [0.717, 1.165) is 28.4 Å². The summed E-state index contributed by atoms with van der Waals surface area (Å²) in [6, 6.07) is 10.8. The van der Waals surface area contributed by atoms with Crippen molar-refractivity contribution in [1.29, 1.82) is 0 Å². The summed E-state index contributed by atoms with van der Waals surface area (Å²) in [7, 11) is 0. The van der Waals surface area contributed by atoms with Crippen molar-refractivity contribution in [2.75, 3.05) is 6.54 Å². The van der Waals surface area contributed by atoms with E-state index in [2.05, 4.69) is 15.7 Å². The molecule has 1 aromatic heterocycles. The van der Waals surface area contributed by atoms with Crippen LogP contribution in [0.1, 0.15) is 28.0 Å². The molecule has 0 aliphatic rings. The van der Waals surface area contributed by atoms with Crippen LogP contribution in [0.3, 0.4) is 0 Å². The van der Waals surface area contributed by atoms with E-state index in [1.807, 2.05) is 0 Å². The molecule has 0 saturated heterocycles. The molecule has 2 aromatic carbocycles. The van der Waals surface area contributed by atoms with Gasteiger partial charge in [-0.2, -0.15) is 18.3 Å². The average molecular weight is 469 g/mol. The Kier molecular flexibility index (Phi) is 7.14. The van der Waals surface area contributed by atoms with Crippen LogP contribution in [0.15, 0.2) is 54.7 Å². The van der Waals surface area contributed by atoms with Crippen LogP contribution in [0.5, 0.6) is 0 Å². The molecule has 0 unspecified atom stereocenters. The molecule has 3 rings (SSSR count). The molecule has 0 aliphatic carbocycles. The van der Waals surface area contributed by atoms with Crippen molar-refractivity contribution >= 4 is 23.4 Å². The first-order valence-corrected chi connectivity index (χ1v) is 9.73. The van der Waals surface area contributed by atoms with Gasteiger partial charge >= 0.3 is 6.18 Å². The number of benzene rings is 2. The summed E-state index contributed by atoms with van der Waals surface area (Å²) >= 11 is 5.82. The maximum Gasteiger partial charge on any atom is 0.435 e. The summed E-state index contributed by atoms with van der Waals surface area (Å²) in [4.78, 5) is 24.0. The van der Waals surface area contributed by atoms with Crippen molar-refractivity contribution in [3.8, 4) is 5.69 Å². The summed E-state index contributed by atoms with van der Waals surface area (Å²) < 4.78 is 52.1. The van der Waals surface area contributed by atoms with E-state index in [-0.39, 0.29) is 36.0 Å². The number of alkyl halides is 3. The quantitative estimate of drug-likeness (QED) is 0.512. The Bertz CT molecular complexity index is 1110. The standard InChI is InChI=1S/C21H17ClF4N4O2/c22-17-11-14(23)3-6-16(17)20(32)27-9-7-19(31)28-12-13-1-4-15(5-2-13)30-10-8-18(29-30)21(24,25)26/h1-6,8,10-11H,7,9,12H2,(H,27,32)(H,28,31). The third-order valence-electron chi connectivity index (χ3n) is 4.38. The molecular weight excluding hydrogens is 452 g/mol. The van der Waals surface area contributed by atoms with Gasteiger partial charge in [0.15, 0.2) is 5.69 Å². The molecule has 6 nitrogen and oxygen atoms in total. The predicted molar refractivity (Wildman–Crippen MR) is 109 cm³/mol. The zero-order valence-electron chi connectivity index (χ0n) is 16.4. The lowest BCUT2D eigenvalue weighted by Gasteiger charge is -2.09. The molecule has 168 valence electrons. The molecule has 0 saturated carbocycles. The van der Waals surface area contributed by atoms with Crippen LogP contribution in [0.4, 0.5) is 17.6 Å². The number of amides is 2. The topological polar surface area (TPSA) is 76.0 Å². The zero-order chi connectivity index (χ0) is 23.3. The fourth-order valence-corrected chi connectivity index (χ4v) is 2.99. The molecule has 2 amide bonds. The second kappa shape index (κ2) is 9.82. The fourth-order valence-electron chi connectivity index (χ4n) is 2.73. The van der Waals surface area contributed by atoms with Gasteiger partial charge in [-0.1, -0.05) is 23.7 Å². The SMILES string of the molecule is O=C(CCNC(=O)c1ccc(F)cc1Cl)NCc1ccc(-n2ccc(C(F)(F)F)n2)cc1. The summed E-state index contributed by atoms with van der Waals surface area (Å²) in [6.07, 6.45) is -3.29. The lowest BCUT2D eigenvalue weighted by atomic mass is 10.2. The summed E-state index contributed by atoms with van der Waals surface area (Å²) in [5.74, 6) is -1.40. The normalized spacial score (nSPS) is 11.3. The van der Waals surface area contributed by atoms with Gasteiger partial charge in [0.25, 0.3) is 5.91 Å². The first-order valence-electron chi connectivity index (χ1n) is 9.35. The number of halogens is 5. The second-order valence-corrected chi connectivity index (χ2v) is 7.12. The van der Waals surface area contributed by atoms with Crippen LogP contribution in [0.25, 0.3) is 5.69 Å². The van der Waals surface area contributed by atoms with Gasteiger partial charge in [-0.25, -0.2) is 9.07 Å². The van der Waals surface area contributed by atoms with Gasteiger partial charge < -0.3 is 10.6 Å². The molecule has 0 radical (unpaired) electrons. The van der Waals surface area contributed by atoms with Crippen LogP contribution < -0.4 is 10.6 Å². The van der Waals surface area contributed by atoms with E-state index in [4.69, 9.17) is 11.6 Å². The van der Waals surface area contributed by atoms with Crippen molar-refractivity contribution in [3.05, 3.63) is 82.4 Å². The van der Waals surface area contributed by atoms with Gasteiger partial charge in [-0.15, -0.1) is 0 Å². The first kappa shape index (κ1) is 23.3. The molecule has 0 aliphatic heterocycles. The molecule has 11 heteroatoms. The predicted octanol–water partition coefficient (Wildman–Crippen LogP) is 4.12. The van der Waals surface area contributed by atoms with Crippen molar-refractivity contribution in [2.45, 2.75) is 19.1 Å². The number of carbonyl (C=O) groups excluding carboxylic acids is 2. The molecule has 0 spiro atoms. The van der Waals surface area contributed by atoms with Gasteiger partial charge in [0.1, 0.15) is 5.82 Å². The lowest BCUT2D eigenvalue weighted by Crippen LogP contribution is -2.30. The number of hydrogen-bond donors (Lipinski definition) is 2. The van der Waals surface area contributed by atoms with E-state index in [9.17, 15) is 27.2 Å². The fraction of sp³-hybridized carbons (Fsp3) is 0.190. The maximum absolute atomic E-state index is 13.0. The van der Waals surface area contributed by atoms with E-state index in [0.29, 0.717) is 5.69 Å². The molecular formula is C21H17ClF4N4O2. The largest absolute Gasteiger partial charge is 0.435 e. The van der Waals surface area contributed by atoms with Crippen molar-refractivity contribution in [2.24, 2.45) is 0 Å². The molecule has 0 bridgehead atoms. The van der Waals surface area contributed by atoms with Gasteiger partial charge in [0.05, 0.1) is 16.3 Å². The molecule has 3 aromatic rings. The van der Waals surface area contributed by atoms with Crippen LogP contribution in [-0.4, -0.2) is 28.1 Å². The Hall–Kier alpha value is -3.40. The molecule has 2 N–H and O–H groups in total. The highest BCUT2D eigenvalue weighted by Crippen LogP contribution is 2.27. The Morgan fingerprint density at radius 1 is 1.03 bits per heavy atom. The Morgan fingerprint density at radius 3 is 2.38 bits per heavy atom. The van der Waals surface area contributed by atoms with E-state index >= 15 is 0 Å². The number of carbonyl (C=O) groups is 2. The number of nitrogens with zero attached hydrogens (tertiary/aromatic N) is 2. The third kappa shape index (κ3) is 6.07. The highest BCUT2D eigenvalue weighted by molar-refractivity contribution is 6.33. The van der Waals surface area contributed by atoms with Crippen molar-refractivity contribution in [1.82, 2.24) is 20.4 Å². The Morgan fingerprint density at radius 2 is 1.75 bits per heavy atom. The smallest absolute Gasteiger partial charge is 0.352 e. The van der Waals surface area contributed by atoms with Gasteiger partial charge in [0, 0.05) is 25.7 Å². The highest BCUT2D eigenvalue weighted by atomic mass is 35.5.